The van der Waals surface area contributed by atoms with Crippen LogP contribution in [0.3, 0.4) is 0 Å². The van der Waals surface area contributed by atoms with Crippen molar-refractivity contribution in [2.75, 3.05) is 32.7 Å². The molecule has 0 unspecified atom stereocenters. The van der Waals surface area contributed by atoms with E-state index in [4.69, 9.17) is 0 Å². The molecule has 0 aliphatic carbocycles. The molecule has 1 saturated heterocycles. The fourth-order valence-corrected chi connectivity index (χ4v) is 4.33. The molecule has 0 atom stereocenters. The molecule has 1 aliphatic heterocycles. The summed E-state index contributed by atoms with van der Waals surface area (Å²) in [7, 11) is 0. The van der Waals surface area contributed by atoms with E-state index in [0.717, 1.165) is 30.9 Å². The SMILES string of the molecule is O=C(NCC(=O)N1CCN(Cc2ccccc2)CC1)c1cn(-c2ccccc2)nc1-c1cccnc1. The van der Waals surface area contributed by atoms with E-state index in [9.17, 15) is 9.59 Å². The molecule has 36 heavy (non-hydrogen) atoms. The van der Waals surface area contributed by atoms with Gasteiger partial charge in [-0.1, -0.05) is 48.5 Å². The van der Waals surface area contributed by atoms with E-state index in [0.29, 0.717) is 24.3 Å². The molecule has 8 nitrogen and oxygen atoms in total. The number of piperazine rings is 1. The Labute approximate surface area is 210 Å². The van der Waals surface area contributed by atoms with Crippen LogP contribution >= 0.6 is 0 Å². The van der Waals surface area contributed by atoms with Crippen LogP contribution in [-0.4, -0.2) is 69.1 Å². The van der Waals surface area contributed by atoms with Crippen molar-refractivity contribution < 1.29 is 9.59 Å². The molecule has 0 spiro atoms. The predicted octanol–water partition coefficient (Wildman–Crippen LogP) is 3.01. The maximum atomic E-state index is 13.2. The lowest BCUT2D eigenvalue weighted by atomic mass is 10.1. The number of hydrogen-bond acceptors (Lipinski definition) is 5. The molecule has 1 aliphatic rings. The average Bonchev–Trinajstić information content (AvgIpc) is 3.39. The number of rotatable bonds is 7. The highest BCUT2D eigenvalue weighted by Gasteiger charge is 2.23. The third kappa shape index (κ3) is 5.50. The Kier molecular flexibility index (Phi) is 7.14. The lowest BCUT2D eigenvalue weighted by Gasteiger charge is -2.34. The third-order valence-corrected chi connectivity index (χ3v) is 6.29. The molecule has 3 heterocycles. The first-order valence-corrected chi connectivity index (χ1v) is 12.0. The highest BCUT2D eigenvalue weighted by atomic mass is 16.2. The molecule has 1 fully saturated rings. The topological polar surface area (TPSA) is 83.4 Å². The van der Waals surface area contributed by atoms with E-state index >= 15 is 0 Å². The zero-order valence-electron chi connectivity index (χ0n) is 20.0. The number of nitrogens with one attached hydrogen (secondary N) is 1. The Morgan fingerprint density at radius 3 is 2.28 bits per heavy atom. The molecule has 2 aromatic carbocycles. The quantitative estimate of drug-likeness (QED) is 0.440. The molecule has 0 radical (unpaired) electrons. The molecular weight excluding hydrogens is 452 g/mol. The minimum absolute atomic E-state index is 0.0550. The van der Waals surface area contributed by atoms with Gasteiger partial charge in [-0.15, -0.1) is 0 Å². The number of hydrogen-bond donors (Lipinski definition) is 1. The maximum absolute atomic E-state index is 13.2. The van der Waals surface area contributed by atoms with Gasteiger partial charge in [-0.3, -0.25) is 19.5 Å². The van der Waals surface area contributed by atoms with Gasteiger partial charge >= 0.3 is 0 Å². The van der Waals surface area contributed by atoms with E-state index in [1.165, 1.54) is 5.56 Å². The van der Waals surface area contributed by atoms with Gasteiger partial charge in [0.15, 0.2) is 0 Å². The van der Waals surface area contributed by atoms with E-state index in [1.54, 1.807) is 29.3 Å². The third-order valence-electron chi connectivity index (χ3n) is 6.29. The lowest BCUT2D eigenvalue weighted by Crippen LogP contribution is -2.50. The molecule has 5 rings (SSSR count). The van der Waals surface area contributed by atoms with Gasteiger partial charge in [0.2, 0.25) is 5.91 Å². The number of carbonyl (C=O) groups is 2. The largest absolute Gasteiger partial charge is 0.343 e. The highest BCUT2D eigenvalue weighted by Crippen LogP contribution is 2.23. The number of amides is 2. The molecule has 2 amide bonds. The molecule has 0 bridgehead atoms. The fourth-order valence-electron chi connectivity index (χ4n) is 4.33. The van der Waals surface area contributed by atoms with Gasteiger partial charge in [0.1, 0.15) is 5.69 Å². The number of para-hydroxylation sites is 1. The fraction of sp³-hybridized carbons (Fsp3) is 0.214. The van der Waals surface area contributed by atoms with Crippen LogP contribution in [0.2, 0.25) is 0 Å². The summed E-state index contributed by atoms with van der Waals surface area (Å²) in [5.74, 6) is -0.423. The lowest BCUT2D eigenvalue weighted by molar-refractivity contribution is -0.131. The summed E-state index contributed by atoms with van der Waals surface area (Å²) in [5, 5.41) is 7.45. The van der Waals surface area contributed by atoms with Gasteiger partial charge in [0, 0.05) is 56.9 Å². The summed E-state index contributed by atoms with van der Waals surface area (Å²) in [4.78, 5) is 34.3. The van der Waals surface area contributed by atoms with Crippen LogP contribution in [0.1, 0.15) is 15.9 Å². The van der Waals surface area contributed by atoms with Crippen molar-refractivity contribution in [3.8, 4) is 16.9 Å². The van der Waals surface area contributed by atoms with Crippen molar-refractivity contribution >= 4 is 11.8 Å². The first-order chi connectivity index (χ1) is 17.7. The Morgan fingerprint density at radius 1 is 0.861 bits per heavy atom. The van der Waals surface area contributed by atoms with Crippen molar-refractivity contribution in [3.05, 3.63) is 103 Å². The number of nitrogens with zero attached hydrogens (tertiary/aromatic N) is 5. The van der Waals surface area contributed by atoms with Crippen molar-refractivity contribution in [2.45, 2.75) is 6.54 Å². The zero-order chi connectivity index (χ0) is 24.7. The monoisotopic (exact) mass is 480 g/mol. The Balaban J connectivity index is 1.22. The van der Waals surface area contributed by atoms with Crippen molar-refractivity contribution in [1.29, 1.82) is 0 Å². The molecule has 2 aromatic heterocycles. The Morgan fingerprint density at radius 2 is 1.58 bits per heavy atom. The summed E-state index contributed by atoms with van der Waals surface area (Å²) >= 11 is 0. The smallest absolute Gasteiger partial charge is 0.255 e. The van der Waals surface area contributed by atoms with Crippen LogP contribution < -0.4 is 5.32 Å². The van der Waals surface area contributed by atoms with Crippen molar-refractivity contribution in [1.82, 2.24) is 29.9 Å². The van der Waals surface area contributed by atoms with E-state index in [2.05, 4.69) is 32.4 Å². The van der Waals surface area contributed by atoms with Crippen molar-refractivity contribution in [3.63, 3.8) is 0 Å². The molecule has 1 N–H and O–H groups in total. The second kappa shape index (κ2) is 11.0. The Hall–Kier alpha value is -4.30. The van der Waals surface area contributed by atoms with Gasteiger partial charge < -0.3 is 10.2 Å². The molecule has 4 aromatic rings. The summed E-state index contributed by atoms with van der Waals surface area (Å²) in [6, 6.07) is 23.6. The average molecular weight is 481 g/mol. The minimum Gasteiger partial charge on any atom is -0.343 e. The van der Waals surface area contributed by atoms with E-state index in [-0.39, 0.29) is 18.4 Å². The van der Waals surface area contributed by atoms with Gasteiger partial charge in [0.25, 0.3) is 5.91 Å². The normalized spacial score (nSPS) is 13.9. The molecule has 0 saturated carbocycles. The standard InChI is InChI=1S/C28H28N6O2/c35-26(33-16-14-32(15-17-33)20-22-8-3-1-4-9-22)19-30-28(36)25-21-34(24-11-5-2-6-12-24)31-27(25)23-10-7-13-29-18-23/h1-13,18,21H,14-17,19-20H2,(H,30,36). The molecule has 8 heteroatoms. The molecular formula is C28H28N6O2. The summed E-state index contributed by atoms with van der Waals surface area (Å²) in [5.41, 5.74) is 3.76. The summed E-state index contributed by atoms with van der Waals surface area (Å²) in [6.45, 7) is 3.73. The van der Waals surface area contributed by atoms with Crippen molar-refractivity contribution in [2.24, 2.45) is 0 Å². The summed E-state index contributed by atoms with van der Waals surface area (Å²) in [6.07, 6.45) is 5.05. The number of aromatic nitrogens is 3. The van der Waals surface area contributed by atoms with Crippen LogP contribution in [0.15, 0.2) is 91.4 Å². The van der Waals surface area contributed by atoms with Crippen LogP contribution in [-0.2, 0) is 11.3 Å². The van der Waals surface area contributed by atoms with Gasteiger partial charge in [0.05, 0.1) is 17.8 Å². The maximum Gasteiger partial charge on any atom is 0.255 e. The van der Waals surface area contributed by atoms with E-state index < -0.39 is 0 Å². The van der Waals surface area contributed by atoms with Crippen LogP contribution in [0.25, 0.3) is 16.9 Å². The number of benzene rings is 2. The number of carbonyl (C=O) groups excluding carboxylic acids is 2. The summed E-state index contributed by atoms with van der Waals surface area (Å²) < 4.78 is 1.67. The van der Waals surface area contributed by atoms with Gasteiger partial charge in [-0.2, -0.15) is 5.10 Å². The van der Waals surface area contributed by atoms with Crippen LogP contribution in [0, 0.1) is 0 Å². The first-order valence-electron chi connectivity index (χ1n) is 12.0. The molecule has 182 valence electrons. The predicted molar refractivity (Wildman–Crippen MR) is 137 cm³/mol. The second-order valence-electron chi connectivity index (χ2n) is 8.74. The Bertz CT molecular complexity index is 1300. The van der Waals surface area contributed by atoms with E-state index in [1.807, 2.05) is 59.5 Å². The van der Waals surface area contributed by atoms with Crippen LogP contribution in [0.5, 0.6) is 0 Å². The van der Waals surface area contributed by atoms with Gasteiger partial charge in [-0.05, 0) is 29.8 Å². The number of pyridine rings is 1. The minimum atomic E-state index is -0.341. The van der Waals surface area contributed by atoms with Gasteiger partial charge in [-0.25, -0.2) is 4.68 Å². The second-order valence-corrected chi connectivity index (χ2v) is 8.74. The van der Waals surface area contributed by atoms with Crippen LogP contribution in [0.4, 0.5) is 0 Å². The zero-order valence-corrected chi connectivity index (χ0v) is 20.0. The first kappa shape index (κ1) is 23.4. The highest BCUT2D eigenvalue weighted by molar-refractivity contribution is 6.01.